The van der Waals surface area contributed by atoms with Gasteiger partial charge in [-0.2, -0.15) is 0 Å². The van der Waals surface area contributed by atoms with Crippen LogP contribution in [0.5, 0.6) is 5.75 Å². The molecule has 0 aliphatic rings. The average molecular weight is 397 g/mol. The molecule has 28 heavy (non-hydrogen) atoms. The van der Waals surface area contributed by atoms with Crippen LogP contribution in [0.15, 0.2) is 58.2 Å². The number of ether oxygens (including phenoxy) is 1. The molecule has 0 aliphatic heterocycles. The lowest BCUT2D eigenvalue weighted by molar-refractivity contribution is -0.131. The maximum Gasteiger partial charge on any atom is 0.321 e. The van der Waals surface area contributed by atoms with Crippen molar-refractivity contribution in [2.75, 3.05) is 5.75 Å². The average Bonchev–Trinajstić information content (AvgIpc) is 3.17. The third-order valence-corrected chi connectivity index (χ3v) is 4.77. The largest absolute Gasteiger partial charge is 0.426 e. The predicted octanol–water partition coefficient (Wildman–Crippen LogP) is 3.31. The maximum absolute atomic E-state index is 12.0. The molecule has 0 bridgehead atoms. The molecule has 144 valence electrons. The van der Waals surface area contributed by atoms with Gasteiger partial charge in [0.2, 0.25) is 5.89 Å². The molecular weight excluding hydrogens is 378 g/mol. The van der Waals surface area contributed by atoms with E-state index < -0.39 is 5.97 Å². The Morgan fingerprint density at radius 3 is 2.64 bits per heavy atom. The van der Waals surface area contributed by atoms with Crippen LogP contribution in [0.25, 0.3) is 0 Å². The number of benzene rings is 2. The molecule has 3 rings (SSSR count). The Hall–Kier alpha value is -3.13. The van der Waals surface area contributed by atoms with Gasteiger partial charge in [-0.15, -0.1) is 10.2 Å². The van der Waals surface area contributed by atoms with Crippen molar-refractivity contribution >= 4 is 23.6 Å². The number of amides is 1. The SMILES string of the molecule is Cc1cccc(OC(=O)CSc2nnc(CNC(=O)c3ccccc3)o2)c1C. The van der Waals surface area contributed by atoms with Gasteiger partial charge in [0.15, 0.2) is 0 Å². The highest BCUT2D eigenvalue weighted by atomic mass is 32.2. The lowest BCUT2D eigenvalue weighted by Gasteiger charge is -2.08. The van der Waals surface area contributed by atoms with Gasteiger partial charge in [0, 0.05) is 5.56 Å². The number of aryl methyl sites for hydroxylation is 1. The Morgan fingerprint density at radius 2 is 1.86 bits per heavy atom. The third-order valence-electron chi connectivity index (χ3n) is 3.98. The second-order valence-corrected chi connectivity index (χ2v) is 6.90. The lowest BCUT2D eigenvalue weighted by Crippen LogP contribution is -2.22. The molecule has 2 aromatic carbocycles. The number of aromatic nitrogens is 2. The summed E-state index contributed by atoms with van der Waals surface area (Å²) in [5.74, 6) is 0.196. The van der Waals surface area contributed by atoms with Gasteiger partial charge in [-0.3, -0.25) is 9.59 Å². The Balaban J connectivity index is 1.47. The zero-order valence-electron chi connectivity index (χ0n) is 15.5. The predicted molar refractivity (Wildman–Crippen MR) is 104 cm³/mol. The summed E-state index contributed by atoms with van der Waals surface area (Å²) in [6.45, 7) is 3.96. The smallest absolute Gasteiger partial charge is 0.321 e. The van der Waals surface area contributed by atoms with Crippen LogP contribution in [0.2, 0.25) is 0 Å². The lowest BCUT2D eigenvalue weighted by atomic mass is 10.1. The van der Waals surface area contributed by atoms with Gasteiger partial charge < -0.3 is 14.5 Å². The Labute approximate surface area is 166 Å². The van der Waals surface area contributed by atoms with E-state index in [1.165, 1.54) is 0 Å². The number of hydrogen-bond acceptors (Lipinski definition) is 7. The number of rotatable bonds is 7. The molecule has 0 saturated heterocycles. The number of carbonyl (C=O) groups excluding carboxylic acids is 2. The van der Waals surface area contributed by atoms with E-state index in [2.05, 4.69) is 15.5 Å². The van der Waals surface area contributed by atoms with Gasteiger partial charge >= 0.3 is 5.97 Å². The second kappa shape index (κ2) is 9.18. The molecular formula is C20H19N3O4S. The second-order valence-electron chi connectivity index (χ2n) is 5.97. The normalized spacial score (nSPS) is 10.5. The van der Waals surface area contributed by atoms with Gasteiger partial charge in [0.1, 0.15) is 11.5 Å². The van der Waals surface area contributed by atoms with Gasteiger partial charge in [-0.05, 0) is 43.2 Å². The molecule has 0 saturated carbocycles. The molecule has 1 amide bonds. The van der Waals surface area contributed by atoms with Crippen LogP contribution in [0, 0.1) is 13.8 Å². The fourth-order valence-corrected chi connectivity index (χ4v) is 2.88. The first-order valence-corrected chi connectivity index (χ1v) is 9.57. The molecule has 1 N–H and O–H groups in total. The highest BCUT2D eigenvalue weighted by molar-refractivity contribution is 7.99. The minimum absolute atomic E-state index is 0.0331. The molecule has 0 unspecified atom stereocenters. The summed E-state index contributed by atoms with van der Waals surface area (Å²) >= 11 is 1.08. The van der Waals surface area contributed by atoms with Gasteiger partial charge in [-0.25, -0.2) is 0 Å². The van der Waals surface area contributed by atoms with Crippen molar-refractivity contribution < 1.29 is 18.7 Å². The van der Waals surface area contributed by atoms with Crippen LogP contribution >= 0.6 is 11.8 Å². The van der Waals surface area contributed by atoms with E-state index in [0.717, 1.165) is 22.9 Å². The Kier molecular flexibility index (Phi) is 6.44. The summed E-state index contributed by atoms with van der Waals surface area (Å²) in [5, 5.41) is 10.7. The van der Waals surface area contributed by atoms with Gasteiger partial charge in [0.05, 0.1) is 6.54 Å². The number of esters is 1. The molecule has 0 fully saturated rings. The van der Waals surface area contributed by atoms with E-state index in [1.807, 2.05) is 32.0 Å². The Bertz CT molecular complexity index is 973. The first-order valence-electron chi connectivity index (χ1n) is 8.58. The summed E-state index contributed by atoms with van der Waals surface area (Å²) < 4.78 is 10.8. The Morgan fingerprint density at radius 1 is 1.07 bits per heavy atom. The molecule has 1 heterocycles. The van der Waals surface area contributed by atoms with Gasteiger partial charge in [0.25, 0.3) is 11.1 Å². The monoisotopic (exact) mass is 397 g/mol. The summed E-state index contributed by atoms with van der Waals surface area (Å²) in [7, 11) is 0. The summed E-state index contributed by atoms with van der Waals surface area (Å²) in [4.78, 5) is 24.0. The molecule has 8 heteroatoms. The number of thioether (sulfide) groups is 1. The van der Waals surface area contributed by atoms with E-state index in [1.54, 1.807) is 30.3 Å². The fourth-order valence-electron chi connectivity index (χ4n) is 2.32. The van der Waals surface area contributed by atoms with Crippen LogP contribution in [-0.4, -0.2) is 27.8 Å². The van der Waals surface area contributed by atoms with E-state index in [0.29, 0.717) is 11.3 Å². The molecule has 3 aromatic rings. The minimum atomic E-state index is -0.407. The maximum atomic E-state index is 12.0. The number of nitrogens with zero attached hydrogens (tertiary/aromatic N) is 2. The molecule has 0 aliphatic carbocycles. The quantitative estimate of drug-likeness (QED) is 0.371. The van der Waals surface area contributed by atoms with Crippen molar-refractivity contribution in [3.05, 3.63) is 71.1 Å². The molecule has 1 aromatic heterocycles. The number of nitrogens with one attached hydrogen (secondary N) is 1. The topological polar surface area (TPSA) is 94.3 Å². The fraction of sp³-hybridized carbons (Fsp3) is 0.200. The molecule has 7 nitrogen and oxygen atoms in total. The van der Waals surface area contributed by atoms with E-state index in [-0.39, 0.29) is 29.3 Å². The summed E-state index contributed by atoms with van der Waals surface area (Å²) in [6, 6.07) is 14.4. The van der Waals surface area contributed by atoms with Crippen LogP contribution in [0.3, 0.4) is 0 Å². The number of carbonyl (C=O) groups is 2. The van der Waals surface area contributed by atoms with E-state index >= 15 is 0 Å². The third kappa shape index (κ3) is 5.20. The van der Waals surface area contributed by atoms with Crippen molar-refractivity contribution in [3.63, 3.8) is 0 Å². The standard InChI is InChI=1S/C20H19N3O4S/c1-13-7-6-10-16(14(13)2)26-18(24)12-28-20-23-22-17(27-20)11-21-19(25)15-8-4-3-5-9-15/h3-10H,11-12H2,1-2H3,(H,21,25). The molecule has 0 radical (unpaired) electrons. The molecule has 0 atom stereocenters. The highest BCUT2D eigenvalue weighted by Crippen LogP contribution is 2.22. The van der Waals surface area contributed by atoms with Crippen LogP contribution in [-0.2, 0) is 11.3 Å². The van der Waals surface area contributed by atoms with Crippen molar-refractivity contribution in [2.45, 2.75) is 25.6 Å². The van der Waals surface area contributed by atoms with Crippen molar-refractivity contribution in [1.82, 2.24) is 15.5 Å². The molecule has 0 spiro atoms. The van der Waals surface area contributed by atoms with Crippen LogP contribution in [0.1, 0.15) is 27.4 Å². The van der Waals surface area contributed by atoms with Crippen LogP contribution < -0.4 is 10.1 Å². The van der Waals surface area contributed by atoms with Crippen molar-refractivity contribution in [2.24, 2.45) is 0 Å². The zero-order chi connectivity index (χ0) is 19.9. The van der Waals surface area contributed by atoms with Crippen LogP contribution in [0.4, 0.5) is 0 Å². The first kappa shape index (κ1) is 19.6. The minimum Gasteiger partial charge on any atom is -0.426 e. The first-order chi connectivity index (χ1) is 13.5. The zero-order valence-corrected chi connectivity index (χ0v) is 16.3. The summed E-state index contributed by atoms with van der Waals surface area (Å²) in [5.41, 5.74) is 2.53. The van der Waals surface area contributed by atoms with Crippen molar-refractivity contribution in [1.29, 1.82) is 0 Å². The van der Waals surface area contributed by atoms with Gasteiger partial charge in [-0.1, -0.05) is 42.1 Å². The van der Waals surface area contributed by atoms with Crippen molar-refractivity contribution in [3.8, 4) is 5.75 Å². The summed E-state index contributed by atoms with van der Waals surface area (Å²) in [6.07, 6.45) is 0. The van der Waals surface area contributed by atoms with E-state index in [4.69, 9.17) is 9.15 Å². The highest BCUT2D eigenvalue weighted by Gasteiger charge is 2.13. The van der Waals surface area contributed by atoms with E-state index in [9.17, 15) is 9.59 Å². The number of hydrogen-bond donors (Lipinski definition) is 1.